The number of nitrogens with one attached hydrogen (secondary N) is 1. The first-order valence-electron chi connectivity index (χ1n) is 7.91. The van der Waals surface area contributed by atoms with E-state index < -0.39 is 0 Å². The average molecular weight is 307 g/mol. The van der Waals surface area contributed by atoms with Crippen LogP contribution in [0.1, 0.15) is 38.2 Å². The van der Waals surface area contributed by atoms with Gasteiger partial charge in [-0.25, -0.2) is 0 Å². The minimum atomic E-state index is -0.318. The molecular formula is C17H23ClN2O. The third-order valence-corrected chi connectivity index (χ3v) is 5.17. The molecule has 1 saturated heterocycles. The van der Waals surface area contributed by atoms with Crippen LogP contribution in [0.3, 0.4) is 0 Å². The highest BCUT2D eigenvalue weighted by Crippen LogP contribution is 2.43. The van der Waals surface area contributed by atoms with Crippen LogP contribution in [0.25, 0.3) is 0 Å². The summed E-state index contributed by atoms with van der Waals surface area (Å²) in [6.07, 6.45) is 4.20. The van der Waals surface area contributed by atoms with Gasteiger partial charge < -0.3 is 10.2 Å². The van der Waals surface area contributed by atoms with Crippen LogP contribution in [0.4, 0.5) is 0 Å². The van der Waals surface area contributed by atoms with Crippen LogP contribution in [-0.4, -0.2) is 36.5 Å². The van der Waals surface area contributed by atoms with Gasteiger partial charge in [0.25, 0.3) is 0 Å². The molecule has 1 aromatic carbocycles. The molecule has 1 N–H and O–H groups in total. The van der Waals surface area contributed by atoms with Gasteiger partial charge in [-0.2, -0.15) is 0 Å². The zero-order chi connectivity index (χ0) is 14.9. The largest absolute Gasteiger partial charge is 0.339 e. The highest BCUT2D eigenvalue weighted by molar-refractivity contribution is 6.30. The second kappa shape index (κ2) is 5.98. The topological polar surface area (TPSA) is 32.3 Å². The second-order valence-electron chi connectivity index (χ2n) is 6.40. The Morgan fingerprint density at radius 3 is 2.57 bits per heavy atom. The number of carbonyl (C=O) groups is 1. The van der Waals surface area contributed by atoms with Gasteiger partial charge in [0.2, 0.25) is 5.91 Å². The number of nitrogens with zero attached hydrogens (tertiary/aromatic N) is 1. The molecule has 21 heavy (non-hydrogen) atoms. The molecule has 2 fully saturated rings. The van der Waals surface area contributed by atoms with Gasteiger partial charge >= 0.3 is 0 Å². The van der Waals surface area contributed by atoms with E-state index in [1.165, 1.54) is 0 Å². The van der Waals surface area contributed by atoms with Crippen LogP contribution >= 0.6 is 11.6 Å². The zero-order valence-electron chi connectivity index (χ0n) is 12.6. The maximum atomic E-state index is 13.2. The Hall–Kier alpha value is -1.06. The van der Waals surface area contributed by atoms with Crippen molar-refractivity contribution in [3.63, 3.8) is 0 Å². The summed E-state index contributed by atoms with van der Waals surface area (Å²) in [7, 11) is 0. The molecule has 0 bridgehead atoms. The number of benzene rings is 1. The van der Waals surface area contributed by atoms with E-state index in [1.807, 2.05) is 24.3 Å². The number of piperazine rings is 1. The Labute approximate surface area is 131 Å². The average Bonchev–Trinajstić information content (AvgIpc) is 2.98. The summed E-state index contributed by atoms with van der Waals surface area (Å²) in [5.41, 5.74) is 0.822. The lowest BCUT2D eigenvalue weighted by Gasteiger charge is -2.39. The fourth-order valence-electron chi connectivity index (χ4n) is 3.79. The molecule has 1 unspecified atom stereocenters. The van der Waals surface area contributed by atoms with Gasteiger partial charge in [-0.05, 0) is 37.5 Å². The number of hydrogen-bond donors (Lipinski definition) is 1. The van der Waals surface area contributed by atoms with Crippen molar-refractivity contribution in [2.24, 2.45) is 0 Å². The quantitative estimate of drug-likeness (QED) is 0.911. The smallest absolute Gasteiger partial charge is 0.233 e. The molecule has 3 rings (SSSR count). The highest BCUT2D eigenvalue weighted by atomic mass is 35.5. The lowest BCUT2D eigenvalue weighted by atomic mass is 9.77. The van der Waals surface area contributed by atoms with Crippen LogP contribution in [0.2, 0.25) is 5.02 Å². The molecule has 3 nitrogen and oxygen atoms in total. The summed E-state index contributed by atoms with van der Waals surface area (Å²) in [6, 6.07) is 8.27. The molecule has 0 spiro atoms. The standard InChI is InChI=1S/C17H23ClN2O/c1-13-12-20(11-10-19-13)16(21)17(8-2-3-9-17)14-4-6-15(18)7-5-14/h4-7,13,19H,2-3,8-12H2,1H3. The normalized spacial score (nSPS) is 25.0. The van der Waals surface area contributed by atoms with E-state index in [0.717, 1.165) is 55.9 Å². The highest BCUT2D eigenvalue weighted by Gasteiger charge is 2.45. The predicted molar refractivity (Wildman–Crippen MR) is 85.6 cm³/mol. The van der Waals surface area contributed by atoms with Gasteiger partial charge in [-0.15, -0.1) is 0 Å². The van der Waals surface area contributed by atoms with Crippen molar-refractivity contribution < 1.29 is 4.79 Å². The van der Waals surface area contributed by atoms with Gasteiger partial charge in [0.05, 0.1) is 5.41 Å². The maximum absolute atomic E-state index is 13.2. The van der Waals surface area contributed by atoms with Crippen molar-refractivity contribution in [3.05, 3.63) is 34.9 Å². The van der Waals surface area contributed by atoms with Crippen LogP contribution in [-0.2, 0) is 10.2 Å². The summed E-state index contributed by atoms with van der Waals surface area (Å²) in [5, 5.41) is 4.14. The third-order valence-electron chi connectivity index (χ3n) is 4.92. The molecule has 1 amide bonds. The van der Waals surface area contributed by atoms with Crippen molar-refractivity contribution in [2.45, 2.75) is 44.1 Å². The van der Waals surface area contributed by atoms with E-state index in [2.05, 4.69) is 17.1 Å². The van der Waals surface area contributed by atoms with E-state index in [0.29, 0.717) is 11.9 Å². The Morgan fingerprint density at radius 1 is 1.29 bits per heavy atom. The summed E-state index contributed by atoms with van der Waals surface area (Å²) in [4.78, 5) is 15.3. The van der Waals surface area contributed by atoms with E-state index in [4.69, 9.17) is 11.6 Å². The molecule has 0 radical (unpaired) electrons. The monoisotopic (exact) mass is 306 g/mol. The molecule has 1 aromatic rings. The van der Waals surface area contributed by atoms with Crippen molar-refractivity contribution in [2.75, 3.05) is 19.6 Å². The fraction of sp³-hybridized carbons (Fsp3) is 0.588. The van der Waals surface area contributed by atoms with Crippen LogP contribution < -0.4 is 5.32 Å². The number of hydrogen-bond acceptors (Lipinski definition) is 2. The Morgan fingerprint density at radius 2 is 1.95 bits per heavy atom. The second-order valence-corrected chi connectivity index (χ2v) is 6.84. The van der Waals surface area contributed by atoms with Gasteiger partial charge in [0, 0.05) is 30.7 Å². The summed E-state index contributed by atoms with van der Waals surface area (Å²) >= 11 is 6.01. The Bertz CT molecular complexity index is 508. The van der Waals surface area contributed by atoms with Crippen molar-refractivity contribution >= 4 is 17.5 Å². The van der Waals surface area contributed by atoms with Crippen LogP contribution in [0.15, 0.2) is 24.3 Å². The van der Waals surface area contributed by atoms with Gasteiger partial charge in [0.1, 0.15) is 0 Å². The van der Waals surface area contributed by atoms with E-state index in [1.54, 1.807) is 0 Å². The zero-order valence-corrected chi connectivity index (χ0v) is 13.3. The van der Waals surface area contributed by atoms with E-state index >= 15 is 0 Å². The maximum Gasteiger partial charge on any atom is 0.233 e. The molecule has 2 aliphatic rings. The summed E-state index contributed by atoms with van der Waals surface area (Å²) < 4.78 is 0. The molecule has 0 aromatic heterocycles. The lowest BCUT2D eigenvalue weighted by Crippen LogP contribution is -2.56. The first-order chi connectivity index (χ1) is 10.1. The number of rotatable bonds is 2. The van der Waals surface area contributed by atoms with Crippen molar-refractivity contribution in [3.8, 4) is 0 Å². The van der Waals surface area contributed by atoms with Crippen LogP contribution in [0.5, 0.6) is 0 Å². The van der Waals surface area contributed by atoms with Crippen molar-refractivity contribution in [1.82, 2.24) is 10.2 Å². The number of halogens is 1. The minimum absolute atomic E-state index is 0.315. The first kappa shape index (κ1) is 14.9. The van der Waals surface area contributed by atoms with Gasteiger partial charge in [-0.1, -0.05) is 36.6 Å². The van der Waals surface area contributed by atoms with Gasteiger partial charge in [-0.3, -0.25) is 4.79 Å². The molecule has 114 valence electrons. The summed E-state index contributed by atoms with van der Waals surface area (Å²) in [5.74, 6) is 0.315. The fourth-order valence-corrected chi connectivity index (χ4v) is 3.92. The molecule has 1 heterocycles. The number of amides is 1. The van der Waals surface area contributed by atoms with Crippen molar-refractivity contribution in [1.29, 1.82) is 0 Å². The van der Waals surface area contributed by atoms with E-state index in [-0.39, 0.29) is 5.41 Å². The SMILES string of the molecule is CC1CN(C(=O)C2(c3ccc(Cl)cc3)CCCC2)CCN1. The number of carbonyl (C=O) groups excluding carboxylic acids is 1. The van der Waals surface area contributed by atoms with Gasteiger partial charge in [0.15, 0.2) is 0 Å². The Balaban J connectivity index is 1.89. The summed E-state index contributed by atoms with van der Waals surface area (Å²) in [6.45, 7) is 4.67. The first-order valence-corrected chi connectivity index (χ1v) is 8.28. The molecule has 1 aliphatic carbocycles. The predicted octanol–water partition coefficient (Wildman–Crippen LogP) is 2.97. The Kier molecular flexibility index (Phi) is 4.23. The molecule has 1 saturated carbocycles. The van der Waals surface area contributed by atoms with E-state index in [9.17, 15) is 4.79 Å². The lowest BCUT2D eigenvalue weighted by molar-refractivity contribution is -0.138. The molecule has 1 aliphatic heterocycles. The minimum Gasteiger partial charge on any atom is -0.339 e. The molecule has 1 atom stereocenters. The molecule has 4 heteroatoms. The van der Waals surface area contributed by atoms with Crippen LogP contribution in [0, 0.1) is 0 Å². The third kappa shape index (κ3) is 2.82. The molecular weight excluding hydrogens is 284 g/mol.